The molecule has 0 bridgehead atoms. The normalized spacial score (nSPS) is 12.6. The van der Waals surface area contributed by atoms with E-state index in [-0.39, 0.29) is 6.42 Å². The van der Waals surface area contributed by atoms with Crippen LogP contribution in [0.25, 0.3) is 0 Å². The van der Waals surface area contributed by atoms with Gasteiger partial charge in [-0.2, -0.15) is 4.98 Å². The quantitative estimate of drug-likeness (QED) is 0.794. The van der Waals surface area contributed by atoms with Crippen LogP contribution in [-0.2, 0) is 11.2 Å². The van der Waals surface area contributed by atoms with Crippen LogP contribution in [0.5, 0.6) is 0 Å². The molecule has 114 valence electrons. The fraction of sp³-hybridized carbons (Fsp3) is 0.429. The van der Waals surface area contributed by atoms with Crippen LogP contribution >= 0.6 is 0 Å². The maximum Gasteiger partial charge on any atom is 0.231 e. The minimum atomic E-state index is -0.906. The maximum absolute atomic E-state index is 13.1. The highest BCUT2D eigenvalue weighted by Gasteiger charge is 2.15. The second-order valence-corrected chi connectivity index (χ2v) is 4.65. The van der Waals surface area contributed by atoms with Crippen molar-refractivity contribution in [2.24, 2.45) is 5.73 Å². The molecule has 0 fully saturated rings. The number of nitrogens with two attached hydrogens (primary N) is 1. The van der Waals surface area contributed by atoms with Crippen LogP contribution < -0.4 is 5.73 Å². The molecule has 1 aromatic heterocycles. The lowest BCUT2D eigenvalue weighted by Gasteiger charge is -2.06. The first-order chi connectivity index (χ1) is 10.1. The minimum absolute atomic E-state index is 0.215. The van der Waals surface area contributed by atoms with Crippen molar-refractivity contribution in [3.8, 4) is 0 Å². The zero-order chi connectivity index (χ0) is 15.2. The number of halogens is 2. The van der Waals surface area contributed by atoms with Gasteiger partial charge in [-0.05, 0) is 24.1 Å². The SMILES string of the molecule is CCCOCC(N)c1noc(Cc2ccc(F)c(F)c2)n1. The average Bonchev–Trinajstić information content (AvgIpc) is 2.92. The Kier molecular flexibility index (Phi) is 5.35. The van der Waals surface area contributed by atoms with E-state index in [0.717, 1.165) is 18.6 Å². The Hall–Kier alpha value is -1.86. The molecule has 0 aliphatic heterocycles. The van der Waals surface area contributed by atoms with Crippen LogP contribution in [0.4, 0.5) is 8.78 Å². The first kappa shape index (κ1) is 15.5. The van der Waals surface area contributed by atoms with E-state index >= 15 is 0 Å². The van der Waals surface area contributed by atoms with Crippen LogP contribution in [0.3, 0.4) is 0 Å². The highest BCUT2D eigenvalue weighted by molar-refractivity contribution is 5.20. The lowest BCUT2D eigenvalue weighted by molar-refractivity contribution is 0.119. The molecule has 5 nitrogen and oxygen atoms in total. The molecule has 0 spiro atoms. The van der Waals surface area contributed by atoms with Gasteiger partial charge in [0.05, 0.1) is 19.1 Å². The summed E-state index contributed by atoms with van der Waals surface area (Å²) in [6.45, 7) is 2.92. The Morgan fingerprint density at radius 2 is 2.14 bits per heavy atom. The number of aromatic nitrogens is 2. The van der Waals surface area contributed by atoms with Gasteiger partial charge in [0.2, 0.25) is 5.89 Å². The number of rotatable bonds is 7. The Bertz CT molecular complexity index is 589. The van der Waals surface area contributed by atoms with E-state index in [9.17, 15) is 8.78 Å². The van der Waals surface area contributed by atoms with Crippen molar-refractivity contribution < 1.29 is 18.0 Å². The number of ether oxygens (including phenoxy) is 1. The summed E-state index contributed by atoms with van der Waals surface area (Å²) in [7, 11) is 0. The fourth-order valence-electron chi connectivity index (χ4n) is 1.74. The van der Waals surface area contributed by atoms with Crippen molar-refractivity contribution in [2.45, 2.75) is 25.8 Å². The van der Waals surface area contributed by atoms with Gasteiger partial charge in [-0.25, -0.2) is 8.78 Å². The molecule has 1 unspecified atom stereocenters. The molecule has 0 aliphatic carbocycles. The summed E-state index contributed by atoms with van der Waals surface area (Å²) >= 11 is 0. The highest BCUT2D eigenvalue weighted by atomic mass is 19.2. The predicted molar refractivity (Wildman–Crippen MR) is 71.5 cm³/mol. The topological polar surface area (TPSA) is 74.2 Å². The Morgan fingerprint density at radius 3 is 2.86 bits per heavy atom. The second kappa shape index (κ2) is 7.24. The molecule has 2 rings (SSSR count). The highest BCUT2D eigenvalue weighted by Crippen LogP contribution is 2.14. The minimum Gasteiger partial charge on any atom is -0.379 e. The molecule has 0 aliphatic rings. The monoisotopic (exact) mass is 297 g/mol. The third-order valence-corrected chi connectivity index (χ3v) is 2.80. The van der Waals surface area contributed by atoms with Gasteiger partial charge in [-0.1, -0.05) is 18.1 Å². The standard InChI is InChI=1S/C14H17F2N3O2/c1-2-5-20-8-12(17)14-18-13(21-19-14)7-9-3-4-10(15)11(16)6-9/h3-4,6,12H,2,5,7-8,17H2,1H3. The Labute approximate surface area is 121 Å². The van der Waals surface area contributed by atoms with Gasteiger partial charge in [0.15, 0.2) is 17.5 Å². The molecule has 0 saturated carbocycles. The van der Waals surface area contributed by atoms with E-state index in [1.165, 1.54) is 6.07 Å². The number of nitrogens with zero attached hydrogens (tertiary/aromatic N) is 2. The molecule has 0 radical (unpaired) electrons. The first-order valence-corrected chi connectivity index (χ1v) is 6.70. The maximum atomic E-state index is 13.1. The fourth-order valence-corrected chi connectivity index (χ4v) is 1.74. The lowest BCUT2D eigenvalue weighted by Crippen LogP contribution is -2.18. The van der Waals surface area contributed by atoms with Gasteiger partial charge >= 0.3 is 0 Å². The smallest absolute Gasteiger partial charge is 0.231 e. The van der Waals surface area contributed by atoms with E-state index in [1.807, 2.05) is 6.92 Å². The van der Waals surface area contributed by atoms with Crippen molar-refractivity contribution in [2.75, 3.05) is 13.2 Å². The summed E-state index contributed by atoms with van der Waals surface area (Å²) in [5, 5.41) is 3.77. The predicted octanol–water partition coefficient (Wildman–Crippen LogP) is 2.37. The van der Waals surface area contributed by atoms with Crippen LogP contribution in [0, 0.1) is 11.6 Å². The molecule has 0 saturated heterocycles. The zero-order valence-electron chi connectivity index (χ0n) is 11.7. The van der Waals surface area contributed by atoms with Gasteiger partial charge < -0.3 is 15.0 Å². The zero-order valence-corrected chi connectivity index (χ0v) is 11.7. The van der Waals surface area contributed by atoms with Crippen LogP contribution in [0.15, 0.2) is 22.7 Å². The molecule has 21 heavy (non-hydrogen) atoms. The second-order valence-electron chi connectivity index (χ2n) is 4.65. The van der Waals surface area contributed by atoms with Crippen molar-refractivity contribution >= 4 is 0 Å². The summed E-state index contributed by atoms with van der Waals surface area (Å²) in [6.07, 6.45) is 1.12. The third kappa shape index (κ3) is 4.30. The number of hydrogen-bond donors (Lipinski definition) is 1. The van der Waals surface area contributed by atoms with Crippen molar-refractivity contribution in [3.63, 3.8) is 0 Å². The van der Waals surface area contributed by atoms with Crippen molar-refractivity contribution in [1.29, 1.82) is 0 Å². The average molecular weight is 297 g/mol. The molecular formula is C14H17F2N3O2. The molecule has 2 N–H and O–H groups in total. The Morgan fingerprint density at radius 1 is 1.33 bits per heavy atom. The molecule has 7 heteroatoms. The van der Waals surface area contributed by atoms with E-state index in [1.54, 1.807) is 0 Å². The van der Waals surface area contributed by atoms with Crippen molar-refractivity contribution in [1.82, 2.24) is 10.1 Å². The van der Waals surface area contributed by atoms with Gasteiger partial charge in [0.25, 0.3) is 0 Å². The molecule has 1 atom stereocenters. The summed E-state index contributed by atoms with van der Waals surface area (Å²) < 4.78 is 36.3. The summed E-state index contributed by atoms with van der Waals surface area (Å²) in [6, 6.07) is 3.15. The van der Waals surface area contributed by atoms with Gasteiger partial charge in [0, 0.05) is 6.61 Å². The summed E-state index contributed by atoms with van der Waals surface area (Å²) in [4.78, 5) is 4.14. The molecule has 1 heterocycles. The molecule has 2 aromatic rings. The van der Waals surface area contributed by atoms with E-state index in [4.69, 9.17) is 15.0 Å². The van der Waals surface area contributed by atoms with Crippen LogP contribution in [0.2, 0.25) is 0 Å². The molecule has 1 aromatic carbocycles. The van der Waals surface area contributed by atoms with E-state index in [2.05, 4.69) is 10.1 Å². The van der Waals surface area contributed by atoms with Crippen LogP contribution in [-0.4, -0.2) is 23.4 Å². The van der Waals surface area contributed by atoms with Crippen LogP contribution in [0.1, 0.15) is 36.7 Å². The summed E-state index contributed by atoms with van der Waals surface area (Å²) in [5.41, 5.74) is 6.41. The first-order valence-electron chi connectivity index (χ1n) is 6.70. The summed E-state index contributed by atoms with van der Waals surface area (Å²) in [5.74, 6) is -1.16. The van der Waals surface area contributed by atoms with Crippen molar-refractivity contribution in [3.05, 3.63) is 47.1 Å². The number of hydrogen-bond acceptors (Lipinski definition) is 5. The van der Waals surface area contributed by atoms with Gasteiger partial charge in [0.1, 0.15) is 0 Å². The van der Waals surface area contributed by atoms with E-state index < -0.39 is 17.7 Å². The Balaban J connectivity index is 1.97. The lowest BCUT2D eigenvalue weighted by atomic mass is 10.1. The molecular weight excluding hydrogens is 280 g/mol. The number of benzene rings is 1. The largest absolute Gasteiger partial charge is 0.379 e. The third-order valence-electron chi connectivity index (χ3n) is 2.80. The van der Waals surface area contributed by atoms with E-state index in [0.29, 0.717) is 30.5 Å². The molecule has 0 amide bonds. The van der Waals surface area contributed by atoms with Gasteiger partial charge in [-0.15, -0.1) is 0 Å². The van der Waals surface area contributed by atoms with Gasteiger partial charge in [-0.3, -0.25) is 0 Å².